The van der Waals surface area contributed by atoms with Crippen molar-refractivity contribution in [2.45, 2.75) is 26.3 Å². The zero-order valence-electron chi connectivity index (χ0n) is 11.2. The number of amides is 1. The van der Waals surface area contributed by atoms with Crippen LogP contribution in [-0.2, 0) is 9.59 Å². The Morgan fingerprint density at radius 3 is 2.63 bits per heavy atom. The largest absolute Gasteiger partial charge is 0.495 e. The van der Waals surface area contributed by atoms with Crippen LogP contribution in [0.2, 0.25) is 0 Å². The highest BCUT2D eigenvalue weighted by Crippen LogP contribution is 2.28. The molecule has 0 aliphatic rings. The maximum Gasteiger partial charge on any atom is 0.305 e. The molecule has 1 atom stereocenters. The molecule has 3 N–H and O–H groups in total. The lowest BCUT2D eigenvalue weighted by Crippen LogP contribution is -2.19. The molecule has 0 aliphatic heterocycles. The molecule has 0 bridgehead atoms. The van der Waals surface area contributed by atoms with Gasteiger partial charge in [-0.25, -0.2) is 0 Å². The van der Waals surface area contributed by atoms with Crippen molar-refractivity contribution in [2.75, 3.05) is 17.7 Å². The number of carboxylic acid groups (broad SMARTS) is 1. The minimum atomic E-state index is -0.878. The molecule has 0 spiro atoms. The van der Waals surface area contributed by atoms with Crippen molar-refractivity contribution in [3.63, 3.8) is 0 Å². The van der Waals surface area contributed by atoms with Crippen molar-refractivity contribution in [3.8, 4) is 5.75 Å². The van der Waals surface area contributed by atoms with Crippen LogP contribution in [0.1, 0.15) is 20.3 Å². The highest BCUT2D eigenvalue weighted by atomic mass is 16.5. The number of methoxy groups -OCH3 is 1. The first-order valence-corrected chi connectivity index (χ1v) is 5.86. The Bertz CT molecular complexity index is 474. The van der Waals surface area contributed by atoms with Crippen molar-refractivity contribution in [1.82, 2.24) is 0 Å². The van der Waals surface area contributed by atoms with Gasteiger partial charge in [0.1, 0.15) is 5.75 Å². The predicted molar refractivity (Wildman–Crippen MR) is 72.6 cm³/mol. The summed E-state index contributed by atoms with van der Waals surface area (Å²) in [5, 5.41) is 14.4. The summed E-state index contributed by atoms with van der Waals surface area (Å²) in [4.78, 5) is 21.6. The standard InChI is InChI=1S/C13H18N2O4/c1-8(6-13(17)18)14-11-7-10(15-9(2)16)4-5-12(11)19-3/h4-5,7-8,14H,6H2,1-3H3,(H,15,16)(H,17,18). The van der Waals surface area contributed by atoms with Gasteiger partial charge in [-0.2, -0.15) is 0 Å². The van der Waals surface area contributed by atoms with E-state index in [4.69, 9.17) is 9.84 Å². The molecule has 1 unspecified atom stereocenters. The fraction of sp³-hybridized carbons (Fsp3) is 0.385. The second-order valence-electron chi connectivity index (χ2n) is 4.24. The van der Waals surface area contributed by atoms with E-state index in [0.29, 0.717) is 17.1 Å². The third-order valence-electron chi connectivity index (χ3n) is 2.40. The van der Waals surface area contributed by atoms with E-state index in [9.17, 15) is 9.59 Å². The first-order valence-electron chi connectivity index (χ1n) is 5.86. The van der Waals surface area contributed by atoms with Gasteiger partial charge in [-0.3, -0.25) is 9.59 Å². The Labute approximate surface area is 111 Å². The molecule has 0 saturated carbocycles. The molecule has 0 aliphatic carbocycles. The molecule has 0 fully saturated rings. The van der Waals surface area contributed by atoms with Gasteiger partial charge in [0.05, 0.1) is 19.2 Å². The van der Waals surface area contributed by atoms with Crippen LogP contribution in [0.3, 0.4) is 0 Å². The Hall–Kier alpha value is -2.24. The second-order valence-corrected chi connectivity index (χ2v) is 4.24. The summed E-state index contributed by atoms with van der Waals surface area (Å²) in [7, 11) is 1.53. The number of carbonyl (C=O) groups excluding carboxylic acids is 1. The zero-order chi connectivity index (χ0) is 14.4. The lowest BCUT2D eigenvalue weighted by Gasteiger charge is -2.17. The molecule has 0 radical (unpaired) electrons. The molecule has 1 rings (SSSR count). The van der Waals surface area contributed by atoms with Crippen LogP contribution in [0.4, 0.5) is 11.4 Å². The normalized spacial score (nSPS) is 11.5. The van der Waals surface area contributed by atoms with Crippen LogP contribution in [0, 0.1) is 0 Å². The molecular formula is C13H18N2O4. The van der Waals surface area contributed by atoms with Crippen LogP contribution in [0.25, 0.3) is 0 Å². The Morgan fingerprint density at radius 1 is 1.42 bits per heavy atom. The van der Waals surface area contributed by atoms with Gasteiger partial charge in [0.15, 0.2) is 0 Å². The number of rotatable bonds is 6. The van der Waals surface area contributed by atoms with Crippen molar-refractivity contribution >= 4 is 23.3 Å². The van der Waals surface area contributed by atoms with Gasteiger partial charge in [-0.05, 0) is 25.1 Å². The summed E-state index contributed by atoms with van der Waals surface area (Å²) in [5.74, 6) is -0.460. The minimum Gasteiger partial charge on any atom is -0.495 e. The zero-order valence-corrected chi connectivity index (χ0v) is 11.2. The van der Waals surface area contributed by atoms with Crippen molar-refractivity contribution < 1.29 is 19.4 Å². The van der Waals surface area contributed by atoms with E-state index in [1.807, 2.05) is 0 Å². The van der Waals surface area contributed by atoms with E-state index in [2.05, 4.69) is 10.6 Å². The van der Waals surface area contributed by atoms with Crippen molar-refractivity contribution in [1.29, 1.82) is 0 Å². The first-order chi connectivity index (χ1) is 8.92. The van der Waals surface area contributed by atoms with Gasteiger partial charge in [-0.15, -0.1) is 0 Å². The highest BCUT2D eigenvalue weighted by Gasteiger charge is 2.11. The minimum absolute atomic E-state index is 0.00643. The molecule has 1 amide bonds. The Kier molecular flexibility index (Phi) is 5.17. The monoisotopic (exact) mass is 266 g/mol. The number of ether oxygens (including phenoxy) is 1. The average molecular weight is 266 g/mol. The third-order valence-corrected chi connectivity index (χ3v) is 2.40. The Morgan fingerprint density at radius 2 is 2.11 bits per heavy atom. The SMILES string of the molecule is COc1ccc(NC(C)=O)cc1NC(C)CC(=O)O. The van der Waals surface area contributed by atoms with Gasteiger partial charge < -0.3 is 20.5 Å². The molecule has 0 aromatic heterocycles. The van der Waals surface area contributed by atoms with Gasteiger partial charge >= 0.3 is 5.97 Å². The number of aliphatic carboxylic acids is 1. The van der Waals surface area contributed by atoms with E-state index >= 15 is 0 Å². The van der Waals surface area contributed by atoms with Gasteiger partial charge in [-0.1, -0.05) is 0 Å². The topological polar surface area (TPSA) is 87.7 Å². The highest BCUT2D eigenvalue weighted by molar-refractivity contribution is 5.89. The second kappa shape index (κ2) is 6.63. The number of benzene rings is 1. The number of carbonyl (C=O) groups is 2. The summed E-state index contributed by atoms with van der Waals surface area (Å²) in [6.07, 6.45) is -0.00643. The fourth-order valence-electron chi connectivity index (χ4n) is 1.68. The first kappa shape index (κ1) is 14.8. The summed E-state index contributed by atoms with van der Waals surface area (Å²) in [6.45, 7) is 3.18. The van der Waals surface area contributed by atoms with E-state index in [0.717, 1.165) is 0 Å². The number of nitrogens with one attached hydrogen (secondary N) is 2. The number of anilines is 2. The van der Waals surface area contributed by atoms with Gasteiger partial charge in [0, 0.05) is 18.7 Å². The smallest absolute Gasteiger partial charge is 0.305 e. The number of hydrogen-bond donors (Lipinski definition) is 3. The van der Waals surface area contributed by atoms with Crippen LogP contribution in [-0.4, -0.2) is 30.1 Å². The van der Waals surface area contributed by atoms with Crippen LogP contribution >= 0.6 is 0 Å². The molecule has 19 heavy (non-hydrogen) atoms. The van der Waals surface area contributed by atoms with Crippen molar-refractivity contribution in [3.05, 3.63) is 18.2 Å². The van der Waals surface area contributed by atoms with Crippen LogP contribution in [0.15, 0.2) is 18.2 Å². The maximum atomic E-state index is 11.0. The molecule has 1 aromatic carbocycles. The van der Waals surface area contributed by atoms with E-state index in [1.54, 1.807) is 25.1 Å². The van der Waals surface area contributed by atoms with Gasteiger partial charge in [0.2, 0.25) is 5.91 Å². The summed E-state index contributed by atoms with van der Waals surface area (Å²) in [6, 6.07) is 4.88. The van der Waals surface area contributed by atoms with Crippen LogP contribution < -0.4 is 15.4 Å². The molecular weight excluding hydrogens is 248 g/mol. The van der Waals surface area contributed by atoms with E-state index in [-0.39, 0.29) is 18.4 Å². The lowest BCUT2D eigenvalue weighted by molar-refractivity contribution is -0.137. The molecule has 6 nitrogen and oxygen atoms in total. The summed E-state index contributed by atoms with van der Waals surface area (Å²) >= 11 is 0. The summed E-state index contributed by atoms with van der Waals surface area (Å²) in [5.41, 5.74) is 1.26. The average Bonchev–Trinajstić information content (AvgIpc) is 2.27. The molecule has 104 valence electrons. The van der Waals surface area contributed by atoms with Crippen LogP contribution in [0.5, 0.6) is 5.75 Å². The fourth-order valence-corrected chi connectivity index (χ4v) is 1.68. The Balaban J connectivity index is 2.89. The van der Waals surface area contributed by atoms with E-state index < -0.39 is 5.97 Å². The molecule has 0 heterocycles. The maximum absolute atomic E-state index is 11.0. The van der Waals surface area contributed by atoms with E-state index in [1.165, 1.54) is 14.0 Å². The lowest BCUT2D eigenvalue weighted by atomic mass is 10.2. The summed E-state index contributed by atoms with van der Waals surface area (Å²) < 4.78 is 5.19. The molecule has 1 aromatic rings. The van der Waals surface area contributed by atoms with Gasteiger partial charge in [0.25, 0.3) is 0 Å². The molecule has 0 saturated heterocycles. The quantitative estimate of drug-likeness (QED) is 0.732. The number of hydrogen-bond acceptors (Lipinski definition) is 4. The number of carboxylic acids is 1. The predicted octanol–water partition coefficient (Wildman–Crippen LogP) is 1.93. The third kappa shape index (κ3) is 4.87. The molecule has 6 heteroatoms. The van der Waals surface area contributed by atoms with Crippen molar-refractivity contribution in [2.24, 2.45) is 0 Å².